The van der Waals surface area contributed by atoms with Gasteiger partial charge in [-0.3, -0.25) is 0 Å². The average Bonchev–Trinajstić information content (AvgIpc) is 3.03. The van der Waals surface area contributed by atoms with Gasteiger partial charge in [-0.2, -0.15) is 10.1 Å². The number of likely N-dealkylation sites (N-methyl/N-ethyl adjacent to an activating group) is 1. The number of nitrogens with zero attached hydrogens (tertiary/aromatic N) is 5. The van der Waals surface area contributed by atoms with Gasteiger partial charge in [-0.25, -0.2) is 9.67 Å². The number of fused-ring (bicyclic) bond motifs is 1. The molecule has 108 valence electrons. The molecule has 7 heteroatoms. The van der Waals surface area contributed by atoms with Gasteiger partial charge < -0.3 is 4.90 Å². The topological polar surface area (TPSA) is 46.8 Å². The molecule has 0 radical (unpaired) electrons. The predicted molar refractivity (Wildman–Crippen MR) is 82.5 cm³/mol. The molecule has 1 aliphatic rings. The highest BCUT2D eigenvalue weighted by molar-refractivity contribution is 7.98. The van der Waals surface area contributed by atoms with E-state index in [9.17, 15) is 0 Å². The molecule has 3 heterocycles. The number of rotatable bonds is 3. The Bertz CT molecular complexity index is 628. The van der Waals surface area contributed by atoms with Crippen LogP contribution in [0.15, 0.2) is 11.2 Å². The lowest BCUT2D eigenvalue weighted by Gasteiger charge is -2.26. The van der Waals surface area contributed by atoms with Crippen LogP contribution in [0, 0.1) is 0 Å². The van der Waals surface area contributed by atoms with Crippen LogP contribution in [0.1, 0.15) is 25.8 Å². The van der Waals surface area contributed by atoms with Crippen molar-refractivity contribution >= 4 is 34.4 Å². The van der Waals surface area contributed by atoms with E-state index in [0.717, 1.165) is 22.6 Å². The molecule has 0 aliphatic carbocycles. The van der Waals surface area contributed by atoms with Gasteiger partial charge in [0.15, 0.2) is 5.65 Å². The maximum absolute atomic E-state index is 6.04. The monoisotopic (exact) mass is 311 g/mol. The summed E-state index contributed by atoms with van der Waals surface area (Å²) < 4.78 is 2.00. The number of thioether (sulfide) groups is 1. The molecule has 0 bridgehead atoms. The van der Waals surface area contributed by atoms with E-state index in [0.29, 0.717) is 6.04 Å². The molecule has 0 N–H and O–H groups in total. The lowest BCUT2D eigenvalue weighted by Crippen LogP contribution is -2.33. The Morgan fingerprint density at radius 2 is 2.25 bits per heavy atom. The van der Waals surface area contributed by atoms with Gasteiger partial charge in [0.1, 0.15) is 5.03 Å². The largest absolute Gasteiger partial charge is 0.301 e. The molecule has 0 amide bonds. The number of aromatic nitrogens is 4. The van der Waals surface area contributed by atoms with Crippen LogP contribution in [0.2, 0.25) is 5.28 Å². The summed E-state index contributed by atoms with van der Waals surface area (Å²) in [4.78, 5) is 11.0. The number of likely N-dealkylation sites (tertiary alicyclic amines) is 1. The number of halogens is 1. The van der Waals surface area contributed by atoms with Crippen molar-refractivity contribution in [2.45, 2.75) is 36.9 Å². The fourth-order valence-electron chi connectivity index (χ4n) is 3.04. The minimum Gasteiger partial charge on any atom is -0.301 e. The summed E-state index contributed by atoms with van der Waals surface area (Å²) in [6.07, 6.45) is 6.29. The van der Waals surface area contributed by atoms with E-state index in [1.807, 2.05) is 17.1 Å². The third-order valence-electron chi connectivity index (χ3n) is 4.10. The Morgan fingerprint density at radius 3 is 2.90 bits per heavy atom. The van der Waals surface area contributed by atoms with Crippen molar-refractivity contribution in [3.63, 3.8) is 0 Å². The zero-order valence-corrected chi connectivity index (χ0v) is 13.4. The lowest BCUT2D eigenvalue weighted by atomic mass is 10.1. The fraction of sp³-hybridized carbons (Fsp3) is 0.615. The van der Waals surface area contributed by atoms with Crippen molar-refractivity contribution in [3.8, 4) is 0 Å². The molecule has 2 aromatic rings. The van der Waals surface area contributed by atoms with Crippen LogP contribution >= 0.6 is 23.4 Å². The van der Waals surface area contributed by atoms with Gasteiger partial charge in [0, 0.05) is 6.04 Å². The second-order valence-electron chi connectivity index (χ2n) is 5.26. The van der Waals surface area contributed by atoms with Crippen LogP contribution in [-0.2, 0) is 0 Å². The van der Waals surface area contributed by atoms with Gasteiger partial charge in [0.05, 0.1) is 17.6 Å². The van der Waals surface area contributed by atoms with E-state index in [-0.39, 0.29) is 11.3 Å². The van der Waals surface area contributed by atoms with Crippen molar-refractivity contribution in [2.24, 2.45) is 0 Å². The fourth-order valence-corrected chi connectivity index (χ4v) is 3.79. The molecular formula is C13H18ClN5S. The van der Waals surface area contributed by atoms with Crippen molar-refractivity contribution in [1.29, 1.82) is 0 Å². The van der Waals surface area contributed by atoms with Gasteiger partial charge in [-0.1, -0.05) is 0 Å². The van der Waals surface area contributed by atoms with Crippen LogP contribution in [0.4, 0.5) is 0 Å². The first kappa shape index (κ1) is 14.1. The highest BCUT2D eigenvalue weighted by Crippen LogP contribution is 2.30. The van der Waals surface area contributed by atoms with Crippen LogP contribution in [-0.4, -0.2) is 50.5 Å². The molecule has 5 nitrogen and oxygen atoms in total. The Morgan fingerprint density at radius 1 is 1.45 bits per heavy atom. The van der Waals surface area contributed by atoms with Gasteiger partial charge >= 0.3 is 0 Å². The van der Waals surface area contributed by atoms with Gasteiger partial charge in [-0.15, -0.1) is 11.8 Å². The number of hydrogen-bond donors (Lipinski definition) is 0. The molecule has 3 rings (SSSR count). The maximum atomic E-state index is 6.04. The molecule has 0 aromatic carbocycles. The Hall–Kier alpha value is -0.850. The normalized spacial score (nSPS) is 21.7. The second kappa shape index (κ2) is 5.50. The predicted octanol–water partition coefficient (Wildman–Crippen LogP) is 2.86. The summed E-state index contributed by atoms with van der Waals surface area (Å²) in [6, 6.07) is 0.783. The van der Waals surface area contributed by atoms with Crippen LogP contribution in [0.25, 0.3) is 11.0 Å². The summed E-state index contributed by atoms with van der Waals surface area (Å²) >= 11 is 7.61. The second-order valence-corrected chi connectivity index (χ2v) is 6.39. The molecule has 1 aliphatic heterocycles. The van der Waals surface area contributed by atoms with E-state index >= 15 is 0 Å². The summed E-state index contributed by atoms with van der Waals surface area (Å²) in [5.74, 6) is 0. The first-order valence-corrected chi connectivity index (χ1v) is 8.37. The minimum atomic E-state index is 0.278. The van der Waals surface area contributed by atoms with Crippen molar-refractivity contribution < 1.29 is 0 Å². The molecule has 0 unspecified atom stereocenters. The average molecular weight is 312 g/mol. The first-order chi connectivity index (χ1) is 9.61. The summed E-state index contributed by atoms with van der Waals surface area (Å²) in [5, 5.41) is 6.70. The summed E-state index contributed by atoms with van der Waals surface area (Å²) in [6.45, 7) is 3.35. The van der Waals surface area contributed by atoms with Crippen molar-refractivity contribution in [2.75, 3.05) is 19.8 Å². The molecule has 0 spiro atoms. The Balaban J connectivity index is 2.05. The quantitative estimate of drug-likeness (QED) is 0.495. The van der Waals surface area contributed by atoms with E-state index < -0.39 is 0 Å². The third kappa shape index (κ3) is 2.29. The van der Waals surface area contributed by atoms with Gasteiger partial charge in [-0.05, 0) is 51.2 Å². The van der Waals surface area contributed by atoms with Crippen LogP contribution in [0.3, 0.4) is 0 Å². The van der Waals surface area contributed by atoms with Crippen LogP contribution < -0.4 is 0 Å². The molecule has 1 saturated heterocycles. The number of hydrogen-bond acceptors (Lipinski definition) is 5. The van der Waals surface area contributed by atoms with E-state index in [1.165, 1.54) is 12.8 Å². The van der Waals surface area contributed by atoms with Crippen molar-refractivity contribution in [1.82, 2.24) is 24.6 Å². The standard InChI is InChI=1S/C13H18ClN5S/c1-8(10-5-4-6-18(10)2)19-11-9(7-15-19)12(20-3)17-13(14)16-11/h7-8,10H,4-6H2,1-3H3/t8-,10-/m0/s1. The highest BCUT2D eigenvalue weighted by Gasteiger charge is 2.29. The zero-order chi connectivity index (χ0) is 14.3. The van der Waals surface area contributed by atoms with E-state index in [4.69, 9.17) is 11.6 Å². The first-order valence-electron chi connectivity index (χ1n) is 6.77. The molecular weight excluding hydrogens is 294 g/mol. The Kier molecular flexibility index (Phi) is 3.88. The summed E-state index contributed by atoms with van der Waals surface area (Å²) in [5.41, 5.74) is 0.835. The third-order valence-corrected chi connectivity index (χ3v) is 4.97. The minimum absolute atomic E-state index is 0.278. The Labute approximate surface area is 127 Å². The molecule has 0 saturated carbocycles. The van der Waals surface area contributed by atoms with E-state index in [1.54, 1.807) is 11.8 Å². The van der Waals surface area contributed by atoms with Crippen LogP contribution in [0.5, 0.6) is 0 Å². The SMILES string of the molecule is CSc1nc(Cl)nc2c1cnn2[C@@H](C)[C@@H]1CCCN1C. The molecule has 2 atom stereocenters. The summed E-state index contributed by atoms with van der Waals surface area (Å²) in [7, 11) is 2.18. The maximum Gasteiger partial charge on any atom is 0.225 e. The van der Waals surface area contributed by atoms with Gasteiger partial charge in [0.2, 0.25) is 5.28 Å². The molecule has 1 fully saturated rings. The van der Waals surface area contributed by atoms with Gasteiger partial charge in [0.25, 0.3) is 0 Å². The molecule has 20 heavy (non-hydrogen) atoms. The van der Waals surface area contributed by atoms with Crippen molar-refractivity contribution in [3.05, 3.63) is 11.5 Å². The lowest BCUT2D eigenvalue weighted by molar-refractivity contribution is 0.232. The highest BCUT2D eigenvalue weighted by atomic mass is 35.5. The molecule has 2 aromatic heterocycles. The smallest absolute Gasteiger partial charge is 0.225 e. The zero-order valence-electron chi connectivity index (χ0n) is 11.9. The van der Waals surface area contributed by atoms with E-state index in [2.05, 4.69) is 33.9 Å².